The van der Waals surface area contributed by atoms with E-state index in [0.717, 1.165) is 11.8 Å². The first kappa shape index (κ1) is 13.6. The molecule has 0 aromatic carbocycles. The third kappa shape index (κ3) is 3.39. The molecule has 2 heterocycles. The van der Waals surface area contributed by atoms with Crippen molar-refractivity contribution in [2.24, 2.45) is 11.8 Å². The van der Waals surface area contributed by atoms with E-state index in [9.17, 15) is 0 Å². The van der Waals surface area contributed by atoms with Gasteiger partial charge in [0.05, 0.1) is 0 Å². The molecule has 2 aliphatic rings. The predicted octanol–water partition coefficient (Wildman–Crippen LogP) is 3.52. The summed E-state index contributed by atoms with van der Waals surface area (Å²) in [4.78, 5) is 4.36. The standard InChI is InChI=1S/C16H26N2S/c1-2-18(12-13-7-9-17-10-8-13)16(14-5-6-14)15-4-3-11-19-15/h3-4,11,13-14,16-17H,2,5-10,12H2,1H3. The second-order valence-corrected chi connectivity index (χ2v) is 7.06. The van der Waals surface area contributed by atoms with Crippen LogP contribution in [0.3, 0.4) is 0 Å². The Balaban J connectivity index is 1.67. The van der Waals surface area contributed by atoms with Crippen molar-refractivity contribution in [3.05, 3.63) is 22.4 Å². The number of rotatable bonds is 6. The van der Waals surface area contributed by atoms with Crippen LogP contribution in [0, 0.1) is 11.8 Å². The number of nitrogens with one attached hydrogen (secondary N) is 1. The lowest BCUT2D eigenvalue weighted by atomic mass is 9.96. The SMILES string of the molecule is CCN(CC1CCNCC1)C(c1cccs1)C1CC1. The molecular formula is C16H26N2S. The maximum absolute atomic E-state index is 3.48. The Kier molecular flexibility index (Phi) is 4.57. The van der Waals surface area contributed by atoms with Gasteiger partial charge in [0.2, 0.25) is 0 Å². The van der Waals surface area contributed by atoms with Crippen LogP contribution in [0.25, 0.3) is 0 Å². The minimum atomic E-state index is 0.708. The third-order valence-electron chi connectivity index (χ3n) is 4.65. The predicted molar refractivity (Wildman–Crippen MR) is 82.6 cm³/mol. The van der Waals surface area contributed by atoms with Gasteiger partial charge in [-0.25, -0.2) is 0 Å². The molecule has 1 aromatic rings. The van der Waals surface area contributed by atoms with Gasteiger partial charge in [-0.05, 0) is 68.6 Å². The van der Waals surface area contributed by atoms with Crippen molar-refractivity contribution in [3.8, 4) is 0 Å². The van der Waals surface area contributed by atoms with E-state index in [1.54, 1.807) is 4.88 Å². The van der Waals surface area contributed by atoms with Gasteiger partial charge in [0.25, 0.3) is 0 Å². The van der Waals surface area contributed by atoms with Crippen molar-refractivity contribution in [2.45, 2.75) is 38.6 Å². The summed E-state index contributed by atoms with van der Waals surface area (Å²) in [6, 6.07) is 5.27. The van der Waals surface area contributed by atoms with E-state index < -0.39 is 0 Å². The molecule has 2 nitrogen and oxygen atoms in total. The van der Waals surface area contributed by atoms with Crippen LogP contribution < -0.4 is 5.32 Å². The highest BCUT2D eigenvalue weighted by Gasteiger charge is 2.37. The zero-order valence-corrected chi connectivity index (χ0v) is 12.8. The maximum Gasteiger partial charge on any atom is 0.0469 e. The second-order valence-electron chi connectivity index (χ2n) is 6.08. The van der Waals surface area contributed by atoms with Crippen LogP contribution in [0.5, 0.6) is 0 Å². The van der Waals surface area contributed by atoms with Gasteiger partial charge >= 0.3 is 0 Å². The minimum Gasteiger partial charge on any atom is -0.317 e. The van der Waals surface area contributed by atoms with Crippen molar-refractivity contribution >= 4 is 11.3 Å². The molecule has 1 atom stereocenters. The largest absolute Gasteiger partial charge is 0.317 e. The van der Waals surface area contributed by atoms with Gasteiger partial charge in [-0.2, -0.15) is 0 Å². The lowest BCUT2D eigenvalue weighted by Crippen LogP contribution is -2.38. The molecule has 1 N–H and O–H groups in total. The van der Waals surface area contributed by atoms with Crippen molar-refractivity contribution in [3.63, 3.8) is 0 Å². The molecule has 0 amide bonds. The van der Waals surface area contributed by atoms with Crippen molar-refractivity contribution in [1.82, 2.24) is 10.2 Å². The molecular weight excluding hydrogens is 252 g/mol. The number of piperidine rings is 1. The normalized spacial score (nSPS) is 22.8. The van der Waals surface area contributed by atoms with E-state index in [2.05, 4.69) is 34.7 Å². The number of thiophene rings is 1. The molecule has 1 unspecified atom stereocenters. The summed E-state index contributed by atoms with van der Waals surface area (Å²) in [5, 5.41) is 5.72. The van der Waals surface area contributed by atoms with Crippen molar-refractivity contribution in [2.75, 3.05) is 26.2 Å². The molecule has 1 saturated heterocycles. The van der Waals surface area contributed by atoms with Crippen LogP contribution in [-0.2, 0) is 0 Å². The zero-order chi connectivity index (χ0) is 13.1. The van der Waals surface area contributed by atoms with E-state index in [-0.39, 0.29) is 0 Å². The lowest BCUT2D eigenvalue weighted by Gasteiger charge is -2.35. The first-order chi connectivity index (χ1) is 9.38. The Morgan fingerprint density at radius 3 is 2.68 bits per heavy atom. The fourth-order valence-corrected chi connectivity index (χ4v) is 4.37. The molecule has 0 radical (unpaired) electrons. The van der Waals surface area contributed by atoms with Gasteiger partial charge in [0, 0.05) is 17.5 Å². The van der Waals surface area contributed by atoms with E-state index in [1.807, 2.05) is 11.3 Å². The van der Waals surface area contributed by atoms with Crippen LogP contribution in [0.1, 0.15) is 43.5 Å². The molecule has 19 heavy (non-hydrogen) atoms. The first-order valence-electron chi connectivity index (χ1n) is 7.86. The fourth-order valence-electron chi connectivity index (χ4n) is 3.42. The highest BCUT2D eigenvalue weighted by Crippen LogP contribution is 2.46. The van der Waals surface area contributed by atoms with Gasteiger partial charge in [-0.3, -0.25) is 4.90 Å². The quantitative estimate of drug-likeness (QED) is 0.856. The molecule has 1 aromatic heterocycles. The summed E-state index contributed by atoms with van der Waals surface area (Å²) in [5.74, 6) is 1.84. The topological polar surface area (TPSA) is 15.3 Å². The summed E-state index contributed by atoms with van der Waals surface area (Å²) >= 11 is 1.95. The Morgan fingerprint density at radius 2 is 2.11 bits per heavy atom. The Morgan fingerprint density at radius 1 is 1.32 bits per heavy atom. The van der Waals surface area contributed by atoms with Crippen LogP contribution in [0.2, 0.25) is 0 Å². The fraction of sp³-hybridized carbons (Fsp3) is 0.750. The molecule has 0 spiro atoms. The summed E-state index contributed by atoms with van der Waals surface area (Å²) in [6.45, 7) is 7.27. The van der Waals surface area contributed by atoms with Crippen molar-refractivity contribution in [1.29, 1.82) is 0 Å². The Bertz CT molecular complexity index is 366. The van der Waals surface area contributed by atoms with Crippen LogP contribution in [-0.4, -0.2) is 31.1 Å². The molecule has 3 rings (SSSR count). The Hall–Kier alpha value is -0.380. The van der Waals surface area contributed by atoms with Gasteiger partial charge in [-0.1, -0.05) is 13.0 Å². The monoisotopic (exact) mass is 278 g/mol. The second kappa shape index (κ2) is 6.38. The van der Waals surface area contributed by atoms with Crippen LogP contribution in [0.4, 0.5) is 0 Å². The van der Waals surface area contributed by atoms with E-state index in [1.165, 1.54) is 51.9 Å². The highest BCUT2D eigenvalue weighted by atomic mass is 32.1. The average Bonchev–Trinajstić information content (AvgIpc) is 3.13. The zero-order valence-electron chi connectivity index (χ0n) is 12.0. The summed E-state index contributed by atoms with van der Waals surface area (Å²) in [5.41, 5.74) is 0. The smallest absolute Gasteiger partial charge is 0.0469 e. The van der Waals surface area contributed by atoms with E-state index >= 15 is 0 Å². The molecule has 3 heteroatoms. The first-order valence-corrected chi connectivity index (χ1v) is 8.74. The van der Waals surface area contributed by atoms with Gasteiger partial charge in [0.1, 0.15) is 0 Å². The Labute approximate surface area is 121 Å². The summed E-state index contributed by atoms with van der Waals surface area (Å²) < 4.78 is 0. The maximum atomic E-state index is 3.48. The molecule has 106 valence electrons. The van der Waals surface area contributed by atoms with Gasteiger partial charge < -0.3 is 5.32 Å². The number of hydrogen-bond acceptors (Lipinski definition) is 3. The minimum absolute atomic E-state index is 0.708. The highest BCUT2D eigenvalue weighted by molar-refractivity contribution is 7.10. The average molecular weight is 278 g/mol. The molecule has 1 aliphatic heterocycles. The third-order valence-corrected chi connectivity index (χ3v) is 5.60. The molecule has 1 aliphatic carbocycles. The van der Waals surface area contributed by atoms with Crippen molar-refractivity contribution < 1.29 is 0 Å². The molecule has 0 bridgehead atoms. The molecule has 2 fully saturated rings. The van der Waals surface area contributed by atoms with Crippen LogP contribution in [0.15, 0.2) is 17.5 Å². The van der Waals surface area contributed by atoms with E-state index in [0.29, 0.717) is 6.04 Å². The summed E-state index contributed by atoms with van der Waals surface area (Å²) in [7, 11) is 0. The number of hydrogen-bond donors (Lipinski definition) is 1. The van der Waals surface area contributed by atoms with Gasteiger partial charge in [-0.15, -0.1) is 11.3 Å². The van der Waals surface area contributed by atoms with Crippen LogP contribution >= 0.6 is 11.3 Å². The lowest BCUT2D eigenvalue weighted by molar-refractivity contribution is 0.146. The van der Waals surface area contributed by atoms with E-state index in [4.69, 9.17) is 0 Å². The summed E-state index contributed by atoms with van der Waals surface area (Å²) in [6.07, 6.45) is 5.59. The number of nitrogens with zero attached hydrogens (tertiary/aromatic N) is 1. The van der Waals surface area contributed by atoms with Gasteiger partial charge in [0.15, 0.2) is 0 Å². The molecule has 1 saturated carbocycles.